The molecule has 2 heterocycles. The summed E-state index contributed by atoms with van der Waals surface area (Å²) in [5.41, 5.74) is 5.19. The summed E-state index contributed by atoms with van der Waals surface area (Å²) in [6.07, 6.45) is 1.37. The van der Waals surface area contributed by atoms with Crippen LogP contribution in [0.3, 0.4) is 0 Å². The molecule has 1 aromatic carbocycles. The van der Waals surface area contributed by atoms with Gasteiger partial charge in [-0.15, -0.1) is 0 Å². The van der Waals surface area contributed by atoms with Crippen LogP contribution in [0.4, 0.5) is 5.69 Å². The molecule has 0 atom stereocenters. The van der Waals surface area contributed by atoms with Gasteiger partial charge >= 0.3 is 0 Å². The minimum Gasteiger partial charge on any atom is -0.326 e. The first-order chi connectivity index (χ1) is 8.22. The summed E-state index contributed by atoms with van der Waals surface area (Å²) < 4.78 is 0. The molecule has 0 saturated carbocycles. The van der Waals surface area contributed by atoms with Gasteiger partial charge in [0.05, 0.1) is 5.69 Å². The standard InChI is InChI=1S/C13H13N3O/c1-8-6-12(16-15-8)10-2-4-11-9(7-10)3-5-13(17)14-11/h2,4,6-7H,3,5H2,1H3,(H,14,17)(H,15,16). The van der Waals surface area contributed by atoms with E-state index in [1.54, 1.807) is 0 Å². The molecule has 3 rings (SSSR count). The third-order valence-corrected chi connectivity index (χ3v) is 3.00. The van der Waals surface area contributed by atoms with E-state index in [1.807, 2.05) is 25.1 Å². The van der Waals surface area contributed by atoms with Crippen molar-refractivity contribution in [2.24, 2.45) is 0 Å². The molecule has 2 aromatic rings. The first kappa shape index (κ1) is 10.1. The Morgan fingerprint density at radius 1 is 1.24 bits per heavy atom. The lowest BCUT2D eigenvalue weighted by molar-refractivity contribution is -0.116. The zero-order valence-electron chi connectivity index (χ0n) is 9.58. The molecule has 86 valence electrons. The number of fused-ring (bicyclic) bond motifs is 1. The van der Waals surface area contributed by atoms with Crippen molar-refractivity contribution < 1.29 is 4.79 Å². The van der Waals surface area contributed by atoms with Gasteiger partial charge in [-0.25, -0.2) is 0 Å². The monoisotopic (exact) mass is 227 g/mol. The molecule has 0 spiro atoms. The van der Waals surface area contributed by atoms with Gasteiger partial charge in [-0.05, 0) is 37.1 Å². The number of aryl methyl sites for hydroxylation is 2. The van der Waals surface area contributed by atoms with E-state index in [1.165, 1.54) is 5.56 Å². The van der Waals surface area contributed by atoms with Gasteiger partial charge in [-0.3, -0.25) is 9.89 Å². The van der Waals surface area contributed by atoms with Crippen LogP contribution in [0.15, 0.2) is 24.3 Å². The molecule has 0 aliphatic carbocycles. The maximum absolute atomic E-state index is 11.3. The molecule has 0 unspecified atom stereocenters. The zero-order valence-corrected chi connectivity index (χ0v) is 9.58. The molecule has 17 heavy (non-hydrogen) atoms. The van der Waals surface area contributed by atoms with E-state index in [2.05, 4.69) is 21.6 Å². The maximum Gasteiger partial charge on any atom is 0.224 e. The Labute approximate surface area is 99.1 Å². The van der Waals surface area contributed by atoms with Crippen LogP contribution in [-0.4, -0.2) is 16.1 Å². The molecule has 1 aliphatic heterocycles. The number of hydrogen-bond donors (Lipinski definition) is 2. The summed E-state index contributed by atoms with van der Waals surface area (Å²) in [4.78, 5) is 11.3. The van der Waals surface area contributed by atoms with Gasteiger partial charge in [0.2, 0.25) is 5.91 Å². The Bertz CT molecular complexity index is 586. The van der Waals surface area contributed by atoms with Crippen molar-refractivity contribution in [2.45, 2.75) is 19.8 Å². The van der Waals surface area contributed by atoms with Gasteiger partial charge in [-0.2, -0.15) is 5.10 Å². The summed E-state index contributed by atoms with van der Waals surface area (Å²) in [7, 11) is 0. The number of H-pyrrole nitrogens is 1. The molecule has 4 heteroatoms. The molecule has 0 saturated heterocycles. The Kier molecular flexibility index (Phi) is 2.21. The van der Waals surface area contributed by atoms with Gasteiger partial charge in [0.1, 0.15) is 0 Å². The summed E-state index contributed by atoms with van der Waals surface area (Å²) in [6, 6.07) is 8.05. The minimum absolute atomic E-state index is 0.0980. The van der Waals surface area contributed by atoms with Crippen molar-refractivity contribution in [1.29, 1.82) is 0 Å². The fraction of sp³-hybridized carbons (Fsp3) is 0.231. The Hall–Kier alpha value is -2.10. The van der Waals surface area contributed by atoms with Crippen molar-refractivity contribution in [1.82, 2.24) is 10.2 Å². The van der Waals surface area contributed by atoms with Crippen LogP contribution in [0.5, 0.6) is 0 Å². The van der Waals surface area contributed by atoms with Crippen molar-refractivity contribution in [2.75, 3.05) is 5.32 Å². The van der Waals surface area contributed by atoms with Gasteiger partial charge in [0.25, 0.3) is 0 Å². The van der Waals surface area contributed by atoms with Gasteiger partial charge < -0.3 is 5.32 Å². The number of aromatic amines is 1. The van der Waals surface area contributed by atoms with Crippen molar-refractivity contribution in [3.8, 4) is 11.3 Å². The fourth-order valence-electron chi connectivity index (χ4n) is 2.11. The SMILES string of the molecule is Cc1cc(-c2ccc3c(c2)CCC(=O)N3)n[nH]1. The van der Waals surface area contributed by atoms with Gasteiger partial charge in [-0.1, -0.05) is 6.07 Å². The summed E-state index contributed by atoms with van der Waals surface area (Å²) in [6.45, 7) is 1.98. The lowest BCUT2D eigenvalue weighted by atomic mass is 9.99. The Balaban J connectivity index is 2.01. The minimum atomic E-state index is 0.0980. The molecule has 1 amide bonds. The highest BCUT2D eigenvalue weighted by molar-refractivity contribution is 5.94. The van der Waals surface area contributed by atoms with E-state index >= 15 is 0 Å². The van der Waals surface area contributed by atoms with Crippen molar-refractivity contribution in [3.05, 3.63) is 35.5 Å². The largest absolute Gasteiger partial charge is 0.326 e. The molecule has 2 N–H and O–H groups in total. The van der Waals surface area contributed by atoms with Crippen molar-refractivity contribution >= 4 is 11.6 Å². The highest BCUT2D eigenvalue weighted by atomic mass is 16.1. The second-order valence-corrected chi connectivity index (χ2v) is 4.36. The van der Waals surface area contributed by atoms with Crippen LogP contribution < -0.4 is 5.32 Å². The van der Waals surface area contributed by atoms with Crippen LogP contribution in [0, 0.1) is 6.92 Å². The average molecular weight is 227 g/mol. The fourth-order valence-corrected chi connectivity index (χ4v) is 2.11. The van der Waals surface area contributed by atoms with Gasteiger partial charge in [0, 0.05) is 23.4 Å². The van der Waals surface area contributed by atoms with Crippen LogP contribution in [0.1, 0.15) is 17.7 Å². The van der Waals surface area contributed by atoms with E-state index in [4.69, 9.17) is 0 Å². The predicted octanol–water partition coefficient (Wildman–Crippen LogP) is 2.27. The number of benzene rings is 1. The summed E-state index contributed by atoms with van der Waals surface area (Å²) >= 11 is 0. The number of aromatic nitrogens is 2. The quantitative estimate of drug-likeness (QED) is 0.785. The third-order valence-electron chi connectivity index (χ3n) is 3.00. The molecular formula is C13H13N3O. The summed E-state index contributed by atoms with van der Waals surface area (Å²) in [5.74, 6) is 0.0980. The zero-order chi connectivity index (χ0) is 11.8. The lowest BCUT2D eigenvalue weighted by Crippen LogP contribution is -2.18. The van der Waals surface area contributed by atoms with E-state index in [0.29, 0.717) is 6.42 Å². The number of amides is 1. The molecule has 0 radical (unpaired) electrons. The highest BCUT2D eigenvalue weighted by Crippen LogP contribution is 2.27. The second kappa shape index (κ2) is 3.73. The Morgan fingerprint density at radius 2 is 2.12 bits per heavy atom. The first-order valence-corrected chi connectivity index (χ1v) is 5.67. The molecule has 0 bridgehead atoms. The number of carbonyl (C=O) groups is 1. The van der Waals surface area contributed by atoms with E-state index in [-0.39, 0.29) is 5.91 Å². The molecule has 1 aromatic heterocycles. The number of nitrogens with zero attached hydrogens (tertiary/aromatic N) is 1. The van der Waals surface area contributed by atoms with Crippen LogP contribution in [-0.2, 0) is 11.2 Å². The number of anilines is 1. The molecule has 4 nitrogen and oxygen atoms in total. The van der Waals surface area contributed by atoms with Gasteiger partial charge in [0.15, 0.2) is 0 Å². The first-order valence-electron chi connectivity index (χ1n) is 5.67. The van der Waals surface area contributed by atoms with Crippen molar-refractivity contribution in [3.63, 3.8) is 0 Å². The van der Waals surface area contributed by atoms with E-state index in [9.17, 15) is 4.79 Å². The predicted molar refractivity (Wildman–Crippen MR) is 65.7 cm³/mol. The lowest BCUT2D eigenvalue weighted by Gasteiger charge is -2.17. The third kappa shape index (κ3) is 1.82. The van der Waals surface area contributed by atoms with Crippen LogP contribution >= 0.6 is 0 Å². The molecular weight excluding hydrogens is 214 g/mol. The average Bonchev–Trinajstić information content (AvgIpc) is 2.75. The number of hydrogen-bond acceptors (Lipinski definition) is 2. The molecule has 0 fully saturated rings. The van der Waals surface area contributed by atoms with Crippen LogP contribution in [0.2, 0.25) is 0 Å². The highest BCUT2D eigenvalue weighted by Gasteiger charge is 2.15. The number of nitrogens with one attached hydrogen (secondary N) is 2. The maximum atomic E-state index is 11.3. The normalized spacial score (nSPS) is 14.3. The summed E-state index contributed by atoms with van der Waals surface area (Å²) in [5, 5.41) is 10.0. The van der Waals surface area contributed by atoms with E-state index in [0.717, 1.165) is 29.1 Å². The second-order valence-electron chi connectivity index (χ2n) is 4.36. The van der Waals surface area contributed by atoms with E-state index < -0.39 is 0 Å². The Morgan fingerprint density at radius 3 is 2.88 bits per heavy atom. The topological polar surface area (TPSA) is 57.8 Å². The number of carbonyl (C=O) groups excluding carboxylic acids is 1. The smallest absolute Gasteiger partial charge is 0.224 e. The molecule has 1 aliphatic rings. The van der Waals surface area contributed by atoms with Crippen LogP contribution in [0.25, 0.3) is 11.3 Å². The number of rotatable bonds is 1.